The van der Waals surface area contributed by atoms with Gasteiger partial charge in [-0.2, -0.15) is 0 Å². The van der Waals surface area contributed by atoms with Crippen molar-refractivity contribution in [2.45, 2.75) is 0 Å². The first kappa shape index (κ1) is 12.0. The minimum absolute atomic E-state index is 0.666. The highest BCUT2D eigenvalue weighted by atomic mass is 79.9. The number of nitrogens with zero attached hydrogens (tertiary/aromatic N) is 1. The second kappa shape index (κ2) is 4.59. The normalized spacial score (nSPS) is 10.8. The molecule has 5 heteroatoms. The van der Waals surface area contributed by atoms with Crippen molar-refractivity contribution < 1.29 is 4.74 Å². The first-order valence-electron chi connectivity index (χ1n) is 5.77. The van der Waals surface area contributed by atoms with E-state index in [0.29, 0.717) is 5.69 Å². The average Bonchev–Trinajstić information content (AvgIpc) is 2.84. The number of aromatic amines is 1. The Morgan fingerprint density at radius 3 is 2.84 bits per heavy atom. The van der Waals surface area contributed by atoms with Gasteiger partial charge in [-0.3, -0.25) is 0 Å². The molecule has 3 rings (SSSR count). The second-order valence-electron chi connectivity index (χ2n) is 4.17. The number of nitrogen functional groups attached to an aromatic ring is 1. The zero-order valence-electron chi connectivity index (χ0n) is 10.3. The first-order valence-corrected chi connectivity index (χ1v) is 6.56. The number of methoxy groups -OCH3 is 1. The van der Waals surface area contributed by atoms with Gasteiger partial charge in [0.05, 0.1) is 18.3 Å². The summed E-state index contributed by atoms with van der Waals surface area (Å²) in [5.74, 6) is 1.55. The lowest BCUT2D eigenvalue weighted by Crippen LogP contribution is -1.87. The van der Waals surface area contributed by atoms with Crippen LogP contribution in [0.1, 0.15) is 0 Å². The summed E-state index contributed by atoms with van der Waals surface area (Å²) in [5, 5.41) is 0. The van der Waals surface area contributed by atoms with E-state index in [0.717, 1.165) is 32.6 Å². The lowest BCUT2D eigenvalue weighted by atomic mass is 10.2. The van der Waals surface area contributed by atoms with Crippen molar-refractivity contribution in [3.63, 3.8) is 0 Å². The second-order valence-corrected chi connectivity index (χ2v) is 5.03. The van der Waals surface area contributed by atoms with Gasteiger partial charge in [-0.15, -0.1) is 0 Å². The van der Waals surface area contributed by atoms with E-state index < -0.39 is 0 Å². The molecule has 0 atom stereocenters. The number of nitrogens with one attached hydrogen (secondary N) is 1. The van der Waals surface area contributed by atoms with E-state index in [1.54, 1.807) is 7.11 Å². The molecule has 0 aliphatic carbocycles. The van der Waals surface area contributed by atoms with Crippen molar-refractivity contribution in [1.29, 1.82) is 0 Å². The topological polar surface area (TPSA) is 63.9 Å². The van der Waals surface area contributed by atoms with Crippen LogP contribution in [0.4, 0.5) is 5.69 Å². The summed E-state index contributed by atoms with van der Waals surface area (Å²) in [6, 6.07) is 11.5. The summed E-state index contributed by atoms with van der Waals surface area (Å²) >= 11 is 3.53. The number of anilines is 1. The Morgan fingerprint density at radius 1 is 1.26 bits per heavy atom. The van der Waals surface area contributed by atoms with Gasteiger partial charge in [-0.25, -0.2) is 4.98 Å². The van der Waals surface area contributed by atoms with Gasteiger partial charge in [0.2, 0.25) is 0 Å². The van der Waals surface area contributed by atoms with Crippen molar-refractivity contribution in [2.24, 2.45) is 0 Å². The maximum Gasteiger partial charge on any atom is 0.139 e. The van der Waals surface area contributed by atoms with Gasteiger partial charge >= 0.3 is 0 Å². The molecule has 19 heavy (non-hydrogen) atoms. The number of aromatic nitrogens is 2. The van der Waals surface area contributed by atoms with Crippen LogP contribution in [0.2, 0.25) is 0 Å². The van der Waals surface area contributed by atoms with Crippen LogP contribution >= 0.6 is 15.9 Å². The molecule has 0 saturated carbocycles. The number of imidazole rings is 1. The highest BCUT2D eigenvalue weighted by molar-refractivity contribution is 9.10. The Hall–Kier alpha value is -2.01. The third kappa shape index (κ3) is 2.06. The highest BCUT2D eigenvalue weighted by Crippen LogP contribution is 2.32. The first-order chi connectivity index (χ1) is 9.19. The van der Waals surface area contributed by atoms with Crippen LogP contribution in [0.5, 0.6) is 5.75 Å². The van der Waals surface area contributed by atoms with Gasteiger partial charge in [0, 0.05) is 10.0 Å². The fourth-order valence-electron chi connectivity index (χ4n) is 1.99. The van der Waals surface area contributed by atoms with Gasteiger partial charge in [0.25, 0.3) is 0 Å². The summed E-state index contributed by atoms with van der Waals surface area (Å²) < 4.78 is 6.19. The van der Waals surface area contributed by atoms with E-state index in [2.05, 4.69) is 25.9 Å². The molecule has 0 amide bonds. The van der Waals surface area contributed by atoms with Gasteiger partial charge in [0.1, 0.15) is 17.1 Å². The van der Waals surface area contributed by atoms with Crippen LogP contribution < -0.4 is 10.5 Å². The molecular formula is C14H12BrN3O. The summed E-state index contributed by atoms with van der Waals surface area (Å²) in [6.45, 7) is 0. The van der Waals surface area contributed by atoms with E-state index in [-0.39, 0.29) is 0 Å². The van der Waals surface area contributed by atoms with E-state index in [4.69, 9.17) is 10.5 Å². The number of nitrogens with two attached hydrogens (primary N) is 1. The molecule has 0 unspecified atom stereocenters. The Bertz CT molecular complexity index is 752. The SMILES string of the molecule is COc1ccc(Br)c(-c2nc3c(N)cccc3[nH]2)c1. The quantitative estimate of drug-likeness (QED) is 0.710. The fraction of sp³-hybridized carbons (Fsp3) is 0.0714. The lowest BCUT2D eigenvalue weighted by Gasteiger charge is -2.04. The lowest BCUT2D eigenvalue weighted by molar-refractivity contribution is 0.415. The highest BCUT2D eigenvalue weighted by Gasteiger charge is 2.11. The van der Waals surface area contributed by atoms with Gasteiger partial charge < -0.3 is 15.5 Å². The third-order valence-corrected chi connectivity index (χ3v) is 3.66. The van der Waals surface area contributed by atoms with Crippen molar-refractivity contribution in [3.05, 3.63) is 40.9 Å². The number of benzene rings is 2. The van der Waals surface area contributed by atoms with Crippen LogP contribution in [-0.2, 0) is 0 Å². The van der Waals surface area contributed by atoms with Crippen LogP contribution in [0.15, 0.2) is 40.9 Å². The average molecular weight is 318 g/mol. The van der Waals surface area contributed by atoms with Gasteiger partial charge in [0.15, 0.2) is 0 Å². The molecule has 1 aromatic heterocycles. The van der Waals surface area contributed by atoms with E-state index in [1.807, 2.05) is 36.4 Å². The van der Waals surface area contributed by atoms with Crippen LogP contribution in [-0.4, -0.2) is 17.1 Å². The molecule has 2 aromatic carbocycles. The molecule has 1 heterocycles. The van der Waals surface area contributed by atoms with Crippen LogP contribution in [0.25, 0.3) is 22.4 Å². The molecule has 0 radical (unpaired) electrons. The van der Waals surface area contributed by atoms with Crippen molar-refractivity contribution in [2.75, 3.05) is 12.8 Å². The summed E-state index contributed by atoms with van der Waals surface area (Å²) in [4.78, 5) is 7.82. The number of hydrogen-bond donors (Lipinski definition) is 2. The number of H-pyrrole nitrogens is 1. The molecule has 4 nitrogen and oxygen atoms in total. The summed E-state index contributed by atoms with van der Waals surface area (Å²) in [7, 11) is 1.64. The zero-order chi connectivity index (χ0) is 13.4. The predicted molar refractivity (Wildman–Crippen MR) is 80.2 cm³/mol. The number of rotatable bonds is 2. The molecule has 0 saturated heterocycles. The molecule has 96 valence electrons. The standard InChI is InChI=1S/C14H12BrN3O/c1-19-8-5-6-10(15)9(7-8)14-17-12-4-2-3-11(16)13(12)18-14/h2-7H,16H2,1H3,(H,17,18). The molecule has 0 bridgehead atoms. The third-order valence-electron chi connectivity index (χ3n) is 2.97. The summed E-state index contributed by atoms with van der Waals surface area (Å²) in [6.07, 6.45) is 0. The molecule has 0 aliphatic rings. The zero-order valence-corrected chi connectivity index (χ0v) is 11.9. The smallest absolute Gasteiger partial charge is 0.139 e. The molecule has 0 fully saturated rings. The van der Waals surface area contributed by atoms with Crippen LogP contribution in [0.3, 0.4) is 0 Å². The predicted octanol–water partition coefficient (Wildman–Crippen LogP) is 3.58. The number of hydrogen-bond acceptors (Lipinski definition) is 3. The number of ether oxygens (including phenoxy) is 1. The maximum atomic E-state index is 5.92. The Labute approximate surface area is 118 Å². The number of para-hydroxylation sites is 1. The van der Waals surface area contributed by atoms with Crippen LogP contribution in [0, 0.1) is 0 Å². The van der Waals surface area contributed by atoms with Gasteiger partial charge in [-0.05, 0) is 30.3 Å². The number of fused-ring (bicyclic) bond motifs is 1. The van der Waals surface area contributed by atoms with E-state index >= 15 is 0 Å². The molecular weight excluding hydrogens is 306 g/mol. The fourth-order valence-corrected chi connectivity index (χ4v) is 2.43. The largest absolute Gasteiger partial charge is 0.497 e. The van der Waals surface area contributed by atoms with Crippen molar-refractivity contribution in [1.82, 2.24) is 9.97 Å². The number of halogens is 1. The molecule has 0 aliphatic heterocycles. The van der Waals surface area contributed by atoms with E-state index in [1.165, 1.54) is 0 Å². The molecule has 3 aromatic rings. The van der Waals surface area contributed by atoms with Crippen molar-refractivity contribution in [3.8, 4) is 17.1 Å². The molecule has 3 N–H and O–H groups in total. The maximum absolute atomic E-state index is 5.92. The Morgan fingerprint density at radius 2 is 2.11 bits per heavy atom. The minimum Gasteiger partial charge on any atom is -0.497 e. The van der Waals surface area contributed by atoms with E-state index in [9.17, 15) is 0 Å². The Kier molecular flexibility index (Phi) is 2.91. The van der Waals surface area contributed by atoms with Crippen molar-refractivity contribution >= 4 is 32.7 Å². The monoisotopic (exact) mass is 317 g/mol. The minimum atomic E-state index is 0.666. The molecule has 0 spiro atoms. The summed E-state index contributed by atoms with van der Waals surface area (Å²) in [5.41, 5.74) is 9.23. The van der Waals surface area contributed by atoms with Gasteiger partial charge in [-0.1, -0.05) is 22.0 Å². The Balaban J connectivity index is 2.21.